The van der Waals surface area contributed by atoms with Gasteiger partial charge in [0.1, 0.15) is 18.2 Å². The zero-order chi connectivity index (χ0) is 13.8. The van der Waals surface area contributed by atoms with Gasteiger partial charge in [-0.3, -0.25) is 0 Å². The van der Waals surface area contributed by atoms with Gasteiger partial charge in [0.15, 0.2) is 5.82 Å². The Morgan fingerprint density at radius 3 is 2.61 bits per heavy atom. The Labute approximate surface area is 103 Å². The minimum Gasteiger partial charge on any atom is -0.384 e. The molecule has 5 nitrogen and oxygen atoms in total. The Morgan fingerprint density at radius 1 is 1.39 bits per heavy atom. The van der Waals surface area contributed by atoms with Gasteiger partial charge in [-0.25, -0.2) is 9.97 Å². The van der Waals surface area contributed by atoms with Crippen LogP contribution in [0.5, 0.6) is 0 Å². The summed E-state index contributed by atoms with van der Waals surface area (Å²) >= 11 is 0. The number of nitrogen functional groups attached to an aromatic ring is 1. The van der Waals surface area contributed by atoms with E-state index in [-0.39, 0.29) is 19.0 Å². The van der Waals surface area contributed by atoms with Gasteiger partial charge in [-0.1, -0.05) is 0 Å². The van der Waals surface area contributed by atoms with Crippen molar-refractivity contribution in [3.63, 3.8) is 0 Å². The average molecular weight is 264 g/mol. The smallest absolute Gasteiger partial charge is 0.384 e. The number of nitrogens with zero attached hydrogens (tertiary/aromatic N) is 3. The standard InChI is InChI=1S/C10H15F3N4O/c1-17(4-3-10(11,12)13)9-5-7(14)15-8(16-9)6-18-2/h5H,3-4,6H2,1-2H3,(H2,14,15,16). The number of alkyl halides is 3. The molecule has 0 spiro atoms. The second-order valence-electron chi connectivity index (χ2n) is 3.79. The molecule has 0 fully saturated rings. The van der Waals surface area contributed by atoms with Crippen LogP contribution in [-0.2, 0) is 11.3 Å². The van der Waals surface area contributed by atoms with Crippen molar-refractivity contribution in [1.82, 2.24) is 9.97 Å². The topological polar surface area (TPSA) is 64.3 Å². The zero-order valence-electron chi connectivity index (χ0n) is 10.2. The van der Waals surface area contributed by atoms with Crippen molar-refractivity contribution in [3.05, 3.63) is 11.9 Å². The van der Waals surface area contributed by atoms with Crippen LogP contribution in [-0.4, -0.2) is 36.8 Å². The first-order valence-corrected chi connectivity index (χ1v) is 5.22. The normalized spacial score (nSPS) is 11.6. The molecule has 8 heteroatoms. The summed E-state index contributed by atoms with van der Waals surface area (Å²) in [4.78, 5) is 9.35. The lowest BCUT2D eigenvalue weighted by Crippen LogP contribution is -2.25. The van der Waals surface area contributed by atoms with Crippen LogP contribution in [0.3, 0.4) is 0 Å². The summed E-state index contributed by atoms with van der Waals surface area (Å²) in [6.45, 7) is -0.0302. The number of ether oxygens (including phenoxy) is 1. The molecule has 0 saturated heterocycles. The van der Waals surface area contributed by atoms with Crippen LogP contribution in [0.25, 0.3) is 0 Å². The predicted molar refractivity (Wildman–Crippen MR) is 61.1 cm³/mol. The minimum atomic E-state index is -4.19. The Kier molecular flexibility index (Phi) is 4.71. The van der Waals surface area contributed by atoms with Crippen molar-refractivity contribution in [2.24, 2.45) is 0 Å². The van der Waals surface area contributed by atoms with E-state index in [1.165, 1.54) is 25.1 Å². The summed E-state index contributed by atoms with van der Waals surface area (Å²) in [5.74, 6) is 0.885. The quantitative estimate of drug-likeness (QED) is 0.875. The van der Waals surface area contributed by atoms with E-state index >= 15 is 0 Å². The SMILES string of the molecule is COCc1nc(N)cc(N(C)CCC(F)(F)F)n1. The molecule has 1 heterocycles. The number of rotatable bonds is 5. The molecular weight excluding hydrogens is 249 g/mol. The summed E-state index contributed by atoms with van der Waals surface area (Å²) in [6, 6.07) is 1.43. The molecule has 1 aromatic rings. The van der Waals surface area contributed by atoms with Gasteiger partial charge in [-0.05, 0) is 0 Å². The molecule has 0 bridgehead atoms. The van der Waals surface area contributed by atoms with Gasteiger partial charge in [-0.15, -0.1) is 0 Å². The van der Waals surface area contributed by atoms with E-state index in [0.29, 0.717) is 11.6 Å². The molecular formula is C10H15F3N4O. The first-order chi connectivity index (χ1) is 8.31. The third-order valence-corrected chi connectivity index (χ3v) is 2.17. The maximum atomic E-state index is 12.1. The second-order valence-corrected chi connectivity index (χ2v) is 3.79. The van der Waals surface area contributed by atoms with E-state index in [1.54, 1.807) is 0 Å². The molecule has 1 aromatic heterocycles. The molecule has 0 radical (unpaired) electrons. The number of aromatic nitrogens is 2. The van der Waals surface area contributed by atoms with E-state index in [1.807, 2.05) is 0 Å². The largest absolute Gasteiger partial charge is 0.390 e. The molecule has 0 saturated carbocycles. The molecule has 2 N–H and O–H groups in total. The highest BCUT2D eigenvalue weighted by atomic mass is 19.4. The summed E-state index contributed by atoms with van der Waals surface area (Å²) in [7, 11) is 2.99. The third-order valence-electron chi connectivity index (χ3n) is 2.17. The van der Waals surface area contributed by atoms with Crippen LogP contribution in [0.1, 0.15) is 12.2 Å². The maximum Gasteiger partial charge on any atom is 0.390 e. The monoisotopic (exact) mass is 264 g/mol. The van der Waals surface area contributed by atoms with Crippen LogP contribution in [0.15, 0.2) is 6.07 Å². The number of methoxy groups -OCH3 is 1. The molecule has 0 atom stereocenters. The second kappa shape index (κ2) is 5.85. The molecule has 0 aromatic carbocycles. The van der Waals surface area contributed by atoms with Gasteiger partial charge in [-0.2, -0.15) is 13.2 Å². The lowest BCUT2D eigenvalue weighted by Gasteiger charge is -2.19. The van der Waals surface area contributed by atoms with E-state index in [2.05, 4.69) is 9.97 Å². The molecule has 0 amide bonds. The fraction of sp³-hybridized carbons (Fsp3) is 0.600. The summed E-state index contributed by atoms with van der Waals surface area (Å²) in [6.07, 6.45) is -5.10. The minimum absolute atomic E-state index is 0.158. The van der Waals surface area contributed by atoms with Crippen LogP contribution in [0.4, 0.5) is 24.8 Å². The lowest BCUT2D eigenvalue weighted by atomic mass is 10.3. The first kappa shape index (κ1) is 14.5. The van der Waals surface area contributed by atoms with Crippen LogP contribution in [0.2, 0.25) is 0 Å². The maximum absolute atomic E-state index is 12.1. The molecule has 1 rings (SSSR count). The van der Waals surface area contributed by atoms with Crippen LogP contribution >= 0.6 is 0 Å². The van der Waals surface area contributed by atoms with Crippen molar-refractivity contribution in [2.45, 2.75) is 19.2 Å². The number of hydrogen-bond acceptors (Lipinski definition) is 5. The van der Waals surface area contributed by atoms with Crippen molar-refractivity contribution in [2.75, 3.05) is 31.3 Å². The van der Waals surface area contributed by atoms with Crippen molar-refractivity contribution in [3.8, 4) is 0 Å². The summed E-state index contributed by atoms with van der Waals surface area (Å²) in [5, 5.41) is 0. The predicted octanol–water partition coefficient (Wildman–Crippen LogP) is 1.59. The molecule has 0 unspecified atom stereocenters. The van der Waals surface area contributed by atoms with Crippen molar-refractivity contribution >= 4 is 11.6 Å². The summed E-state index contributed by atoms with van der Waals surface area (Å²) < 4.78 is 41.2. The number of hydrogen-bond donors (Lipinski definition) is 1. The molecule has 18 heavy (non-hydrogen) atoms. The Balaban J connectivity index is 2.75. The molecule has 0 aliphatic heterocycles. The van der Waals surface area contributed by atoms with Gasteiger partial charge in [0.05, 0.1) is 6.42 Å². The van der Waals surface area contributed by atoms with Crippen LogP contribution < -0.4 is 10.6 Å². The van der Waals surface area contributed by atoms with Crippen molar-refractivity contribution < 1.29 is 17.9 Å². The Morgan fingerprint density at radius 2 is 2.06 bits per heavy atom. The highest BCUT2D eigenvalue weighted by Gasteiger charge is 2.27. The summed E-state index contributed by atoms with van der Waals surface area (Å²) in [5.41, 5.74) is 5.55. The highest BCUT2D eigenvalue weighted by molar-refractivity contribution is 5.46. The highest BCUT2D eigenvalue weighted by Crippen LogP contribution is 2.21. The first-order valence-electron chi connectivity index (χ1n) is 5.22. The number of nitrogens with two attached hydrogens (primary N) is 1. The molecule has 0 aliphatic carbocycles. The van der Waals surface area contributed by atoms with Gasteiger partial charge in [0.2, 0.25) is 0 Å². The van der Waals surface area contributed by atoms with Gasteiger partial charge in [0, 0.05) is 26.8 Å². The van der Waals surface area contributed by atoms with E-state index < -0.39 is 12.6 Å². The Bertz CT molecular complexity index is 397. The average Bonchev–Trinajstić information content (AvgIpc) is 2.24. The number of halogens is 3. The van der Waals surface area contributed by atoms with Crippen LogP contribution in [0, 0.1) is 0 Å². The van der Waals surface area contributed by atoms with E-state index in [0.717, 1.165) is 0 Å². The third kappa shape index (κ3) is 4.74. The Hall–Kier alpha value is -1.57. The number of anilines is 2. The zero-order valence-corrected chi connectivity index (χ0v) is 10.2. The van der Waals surface area contributed by atoms with Gasteiger partial charge in [0.25, 0.3) is 0 Å². The molecule has 0 aliphatic rings. The lowest BCUT2D eigenvalue weighted by molar-refractivity contribution is -0.132. The van der Waals surface area contributed by atoms with E-state index in [9.17, 15) is 13.2 Å². The van der Waals surface area contributed by atoms with Crippen molar-refractivity contribution in [1.29, 1.82) is 0 Å². The fourth-order valence-electron chi connectivity index (χ4n) is 1.30. The van der Waals surface area contributed by atoms with E-state index in [4.69, 9.17) is 10.5 Å². The molecule has 102 valence electrons. The fourth-order valence-corrected chi connectivity index (χ4v) is 1.30. The van der Waals surface area contributed by atoms with Gasteiger partial charge >= 0.3 is 6.18 Å². The van der Waals surface area contributed by atoms with Gasteiger partial charge < -0.3 is 15.4 Å².